The summed E-state index contributed by atoms with van der Waals surface area (Å²) in [4.78, 5) is 0. The molecule has 0 aromatic heterocycles. The quantitative estimate of drug-likeness (QED) is 0.387. The molecular weight excluding hydrogens is 280 g/mol. The molecular formula is C7H2ClF5Zn. The second kappa shape index (κ2) is 4.54. The second-order valence-electron chi connectivity index (χ2n) is 2.24. The van der Waals surface area contributed by atoms with Crippen molar-refractivity contribution in [3.8, 4) is 0 Å². The monoisotopic (exact) mass is 280 g/mol. The van der Waals surface area contributed by atoms with E-state index in [1.54, 1.807) is 0 Å². The van der Waals surface area contributed by atoms with E-state index in [4.69, 9.17) is 11.6 Å². The van der Waals surface area contributed by atoms with Gasteiger partial charge in [0.25, 0.3) is 0 Å². The van der Waals surface area contributed by atoms with Gasteiger partial charge in [-0.1, -0.05) is 11.6 Å². The van der Waals surface area contributed by atoms with Crippen molar-refractivity contribution in [3.05, 3.63) is 34.4 Å². The molecule has 0 spiro atoms. The summed E-state index contributed by atoms with van der Waals surface area (Å²) < 4.78 is 60.7. The molecule has 0 aliphatic heterocycles. The van der Waals surface area contributed by atoms with E-state index < -0.39 is 28.4 Å². The van der Waals surface area contributed by atoms with Gasteiger partial charge in [0.1, 0.15) is 11.6 Å². The van der Waals surface area contributed by atoms with Crippen LogP contribution in [-0.2, 0) is 25.7 Å². The van der Waals surface area contributed by atoms with E-state index in [2.05, 4.69) is 0 Å². The van der Waals surface area contributed by atoms with Gasteiger partial charge in [-0.05, 0) is 6.07 Å². The number of halogens is 6. The Labute approximate surface area is 93.8 Å². The standard InChI is InChI=1S/C7H2ClF5.Zn/c8-4-1-3(7(11,12)13)5(9)2-6(4)10;/h1-2H;. The second-order valence-corrected chi connectivity index (χ2v) is 2.65. The zero-order valence-electron chi connectivity index (χ0n) is 6.63. The molecule has 14 heavy (non-hydrogen) atoms. The van der Waals surface area contributed by atoms with E-state index in [0.717, 1.165) is 0 Å². The summed E-state index contributed by atoms with van der Waals surface area (Å²) in [5, 5.41) is -0.756. The molecule has 7 heteroatoms. The molecule has 0 radical (unpaired) electrons. The van der Waals surface area contributed by atoms with Gasteiger partial charge in [0, 0.05) is 25.5 Å². The third-order valence-electron chi connectivity index (χ3n) is 1.32. The van der Waals surface area contributed by atoms with Crippen molar-refractivity contribution in [2.45, 2.75) is 6.18 Å². The first-order valence-electron chi connectivity index (χ1n) is 3.04. The zero-order chi connectivity index (χ0) is 10.2. The average molecular weight is 282 g/mol. The predicted molar refractivity (Wildman–Crippen MR) is 36.4 cm³/mol. The van der Waals surface area contributed by atoms with Crippen molar-refractivity contribution >= 4 is 11.6 Å². The predicted octanol–water partition coefficient (Wildman–Crippen LogP) is 3.63. The van der Waals surface area contributed by atoms with Crippen LogP contribution in [0.1, 0.15) is 5.56 Å². The van der Waals surface area contributed by atoms with Crippen molar-refractivity contribution in [1.82, 2.24) is 0 Å². The van der Waals surface area contributed by atoms with Crippen LogP contribution in [0.4, 0.5) is 22.0 Å². The van der Waals surface area contributed by atoms with Gasteiger partial charge in [0.05, 0.1) is 10.6 Å². The Hall–Kier alpha value is -0.217. The van der Waals surface area contributed by atoms with Gasteiger partial charge in [-0.2, -0.15) is 13.2 Å². The molecule has 0 amide bonds. The van der Waals surface area contributed by atoms with Gasteiger partial charge >= 0.3 is 6.18 Å². The fourth-order valence-electron chi connectivity index (χ4n) is 0.740. The smallest absolute Gasteiger partial charge is 0.206 e. The fraction of sp³-hybridized carbons (Fsp3) is 0.143. The van der Waals surface area contributed by atoms with Crippen LogP contribution in [0, 0.1) is 11.6 Å². The molecule has 0 saturated carbocycles. The number of benzene rings is 1. The number of hydrogen-bond acceptors (Lipinski definition) is 0. The van der Waals surface area contributed by atoms with Crippen molar-refractivity contribution in [1.29, 1.82) is 0 Å². The SMILES string of the molecule is Fc1cc(F)c(C(F)(F)F)cc1Cl.[Zn]. The van der Waals surface area contributed by atoms with Crippen LogP contribution in [0.5, 0.6) is 0 Å². The fourth-order valence-corrected chi connectivity index (χ4v) is 0.903. The minimum atomic E-state index is -4.86. The molecule has 0 unspecified atom stereocenters. The van der Waals surface area contributed by atoms with E-state index in [-0.39, 0.29) is 31.6 Å². The normalized spacial score (nSPS) is 11.0. The van der Waals surface area contributed by atoms with E-state index in [0.29, 0.717) is 0 Å². The summed E-state index contributed by atoms with van der Waals surface area (Å²) in [5.41, 5.74) is -1.57. The molecule has 0 heterocycles. The van der Waals surface area contributed by atoms with Crippen molar-refractivity contribution in [2.24, 2.45) is 0 Å². The molecule has 74 valence electrons. The minimum absolute atomic E-state index is 0. The average Bonchev–Trinajstić information content (AvgIpc) is 1.94. The largest absolute Gasteiger partial charge is 0.419 e. The Kier molecular flexibility index (Phi) is 4.46. The maximum Gasteiger partial charge on any atom is 0.419 e. The van der Waals surface area contributed by atoms with Gasteiger partial charge in [-0.3, -0.25) is 0 Å². The summed E-state index contributed by atoms with van der Waals surface area (Å²) in [6.07, 6.45) is -4.86. The van der Waals surface area contributed by atoms with Crippen LogP contribution in [-0.4, -0.2) is 0 Å². The Bertz CT molecular complexity index is 336. The maximum absolute atomic E-state index is 12.5. The van der Waals surface area contributed by atoms with E-state index >= 15 is 0 Å². The topological polar surface area (TPSA) is 0 Å². The van der Waals surface area contributed by atoms with Crippen LogP contribution >= 0.6 is 11.6 Å². The third-order valence-corrected chi connectivity index (χ3v) is 1.61. The Morgan fingerprint density at radius 2 is 1.50 bits per heavy atom. The van der Waals surface area contributed by atoms with Gasteiger partial charge in [-0.25, -0.2) is 8.78 Å². The minimum Gasteiger partial charge on any atom is -0.206 e. The molecule has 0 aliphatic rings. The molecule has 1 rings (SSSR count). The number of hydrogen-bond donors (Lipinski definition) is 0. The van der Waals surface area contributed by atoms with Crippen LogP contribution in [0.15, 0.2) is 12.1 Å². The zero-order valence-corrected chi connectivity index (χ0v) is 10.4. The first kappa shape index (κ1) is 13.8. The van der Waals surface area contributed by atoms with Crippen LogP contribution in [0.3, 0.4) is 0 Å². The molecule has 0 atom stereocenters. The summed E-state index contributed by atoms with van der Waals surface area (Å²) in [5.74, 6) is -2.89. The van der Waals surface area contributed by atoms with Crippen LogP contribution in [0.2, 0.25) is 5.02 Å². The third kappa shape index (κ3) is 2.89. The van der Waals surface area contributed by atoms with Crippen LogP contribution < -0.4 is 0 Å². The summed E-state index contributed by atoms with van der Waals surface area (Å²) in [6, 6.07) is 0.317. The van der Waals surface area contributed by atoms with Gasteiger partial charge in [0.2, 0.25) is 0 Å². The summed E-state index contributed by atoms with van der Waals surface area (Å²) in [7, 11) is 0. The molecule has 0 bridgehead atoms. The van der Waals surface area contributed by atoms with Crippen molar-refractivity contribution in [3.63, 3.8) is 0 Å². The first-order valence-corrected chi connectivity index (χ1v) is 3.42. The molecule has 1 aromatic rings. The van der Waals surface area contributed by atoms with E-state index in [1.165, 1.54) is 0 Å². The molecule has 0 fully saturated rings. The molecule has 0 saturated heterocycles. The Morgan fingerprint density at radius 1 is 1.00 bits per heavy atom. The molecule has 0 N–H and O–H groups in total. The van der Waals surface area contributed by atoms with Gasteiger partial charge < -0.3 is 0 Å². The van der Waals surface area contributed by atoms with Crippen LogP contribution in [0.25, 0.3) is 0 Å². The Balaban J connectivity index is 0.00000169. The van der Waals surface area contributed by atoms with Crippen molar-refractivity contribution < 1.29 is 41.4 Å². The molecule has 0 aliphatic carbocycles. The van der Waals surface area contributed by atoms with E-state index in [1.807, 2.05) is 0 Å². The van der Waals surface area contributed by atoms with E-state index in [9.17, 15) is 22.0 Å². The Morgan fingerprint density at radius 3 is 1.93 bits per heavy atom. The number of alkyl halides is 3. The molecule has 0 nitrogen and oxygen atoms in total. The molecule has 1 aromatic carbocycles. The maximum atomic E-state index is 12.5. The van der Waals surface area contributed by atoms with Gasteiger partial charge in [-0.15, -0.1) is 0 Å². The first-order chi connectivity index (χ1) is 5.82. The van der Waals surface area contributed by atoms with Gasteiger partial charge in [0.15, 0.2) is 0 Å². The summed E-state index contributed by atoms with van der Waals surface area (Å²) >= 11 is 5.05. The number of rotatable bonds is 0. The van der Waals surface area contributed by atoms with Crippen molar-refractivity contribution in [2.75, 3.05) is 0 Å². The summed E-state index contributed by atoms with van der Waals surface area (Å²) in [6.45, 7) is 0.